The maximum Gasteiger partial charge on any atom is 0.118 e. The van der Waals surface area contributed by atoms with E-state index >= 15 is 0 Å². The molecule has 0 radical (unpaired) electrons. The van der Waals surface area contributed by atoms with Crippen LogP contribution in [0.3, 0.4) is 0 Å². The van der Waals surface area contributed by atoms with Crippen LogP contribution in [-0.2, 0) is 19.9 Å². The summed E-state index contributed by atoms with van der Waals surface area (Å²) >= 11 is 0. The Labute approximate surface area is 119 Å². The number of aromatic nitrogens is 2. The first-order valence-corrected chi connectivity index (χ1v) is 7.26. The van der Waals surface area contributed by atoms with Gasteiger partial charge in [0.25, 0.3) is 0 Å². The van der Waals surface area contributed by atoms with E-state index in [9.17, 15) is 5.11 Å². The molecule has 0 amide bonds. The van der Waals surface area contributed by atoms with Gasteiger partial charge in [0.2, 0.25) is 0 Å². The molecule has 0 saturated heterocycles. The van der Waals surface area contributed by atoms with Crippen LogP contribution in [0.25, 0.3) is 0 Å². The highest BCUT2D eigenvalue weighted by Crippen LogP contribution is 2.29. The Balaban J connectivity index is 1.61. The van der Waals surface area contributed by atoms with Crippen LogP contribution in [-0.4, -0.2) is 21.4 Å². The van der Waals surface area contributed by atoms with Gasteiger partial charge in [0.15, 0.2) is 0 Å². The second kappa shape index (κ2) is 5.67. The molecule has 0 fully saturated rings. The minimum Gasteiger partial charge on any atom is -0.508 e. The molecular formula is C16H21N3O. The van der Waals surface area contributed by atoms with Crippen molar-refractivity contribution in [3.63, 3.8) is 0 Å². The van der Waals surface area contributed by atoms with Gasteiger partial charge in [0.05, 0.1) is 6.20 Å². The van der Waals surface area contributed by atoms with Gasteiger partial charge in [-0.05, 0) is 43.9 Å². The third kappa shape index (κ3) is 2.56. The molecule has 4 nitrogen and oxygen atoms in total. The lowest BCUT2D eigenvalue weighted by atomic mass is 9.93. The average molecular weight is 271 g/mol. The van der Waals surface area contributed by atoms with Gasteiger partial charge in [0, 0.05) is 24.3 Å². The van der Waals surface area contributed by atoms with Crippen molar-refractivity contribution in [2.45, 2.75) is 31.7 Å². The predicted octanol–water partition coefficient (Wildman–Crippen LogP) is 2.34. The normalized spacial score (nSPS) is 17.9. The van der Waals surface area contributed by atoms with E-state index in [2.05, 4.69) is 10.4 Å². The van der Waals surface area contributed by atoms with Crippen LogP contribution in [0.15, 0.2) is 30.5 Å². The number of nitrogens with one attached hydrogen (secondary N) is 1. The molecule has 0 bridgehead atoms. The van der Waals surface area contributed by atoms with E-state index in [0.717, 1.165) is 24.9 Å². The van der Waals surface area contributed by atoms with Crippen LogP contribution < -0.4 is 5.32 Å². The predicted molar refractivity (Wildman–Crippen MR) is 78.7 cm³/mol. The number of rotatable bonds is 4. The van der Waals surface area contributed by atoms with Crippen LogP contribution in [0.1, 0.15) is 35.7 Å². The zero-order valence-corrected chi connectivity index (χ0v) is 11.8. The van der Waals surface area contributed by atoms with Gasteiger partial charge in [-0.15, -0.1) is 0 Å². The lowest BCUT2D eigenvalue weighted by molar-refractivity contribution is 0.446. The van der Waals surface area contributed by atoms with Gasteiger partial charge in [-0.1, -0.05) is 18.2 Å². The lowest BCUT2D eigenvalue weighted by Crippen LogP contribution is -2.27. The van der Waals surface area contributed by atoms with E-state index in [-0.39, 0.29) is 0 Å². The molecule has 1 unspecified atom stereocenters. The minimum absolute atomic E-state index is 0.389. The summed E-state index contributed by atoms with van der Waals surface area (Å²) in [6, 6.07) is 7.95. The van der Waals surface area contributed by atoms with Crippen LogP contribution in [0.4, 0.5) is 0 Å². The highest BCUT2D eigenvalue weighted by molar-refractivity contribution is 5.32. The Bertz CT molecular complexity index is 591. The number of hydrogen-bond donors (Lipinski definition) is 2. The Morgan fingerprint density at radius 3 is 3.10 bits per heavy atom. The Morgan fingerprint density at radius 2 is 2.25 bits per heavy atom. The first kappa shape index (κ1) is 13.2. The molecule has 3 rings (SSSR count). The molecule has 2 N–H and O–H groups in total. The lowest BCUT2D eigenvalue weighted by Gasteiger charge is -2.24. The quantitative estimate of drug-likeness (QED) is 0.897. The van der Waals surface area contributed by atoms with Crippen molar-refractivity contribution >= 4 is 0 Å². The molecule has 0 aliphatic heterocycles. The second-order valence-electron chi connectivity index (χ2n) is 5.45. The van der Waals surface area contributed by atoms with Gasteiger partial charge in [-0.3, -0.25) is 4.68 Å². The summed E-state index contributed by atoms with van der Waals surface area (Å²) in [5.74, 6) is 0.389. The van der Waals surface area contributed by atoms with Crippen molar-refractivity contribution < 1.29 is 5.11 Å². The highest BCUT2D eigenvalue weighted by Gasteiger charge is 2.22. The maximum atomic E-state index is 9.77. The SMILES string of the molecule is Cn1ncc2c1CCCC2NCCc1ccccc1O. The third-order valence-corrected chi connectivity index (χ3v) is 4.15. The van der Waals surface area contributed by atoms with Gasteiger partial charge >= 0.3 is 0 Å². The molecule has 106 valence electrons. The number of nitrogens with zero attached hydrogens (tertiary/aromatic N) is 2. The molecular weight excluding hydrogens is 250 g/mol. The average Bonchev–Trinajstić information content (AvgIpc) is 2.84. The number of phenolic OH excluding ortho intramolecular Hbond substituents is 1. The second-order valence-corrected chi connectivity index (χ2v) is 5.45. The number of para-hydroxylation sites is 1. The number of aryl methyl sites for hydroxylation is 1. The number of phenols is 1. The summed E-state index contributed by atoms with van der Waals surface area (Å²) in [6.07, 6.45) is 6.34. The number of aromatic hydroxyl groups is 1. The fourth-order valence-electron chi connectivity index (χ4n) is 3.02. The van der Waals surface area contributed by atoms with Crippen molar-refractivity contribution in [3.05, 3.63) is 47.3 Å². The van der Waals surface area contributed by atoms with Gasteiger partial charge in [-0.2, -0.15) is 5.10 Å². The molecule has 0 spiro atoms. The molecule has 1 heterocycles. The van der Waals surface area contributed by atoms with Crippen molar-refractivity contribution in [3.8, 4) is 5.75 Å². The van der Waals surface area contributed by atoms with Crippen molar-refractivity contribution in [2.24, 2.45) is 7.05 Å². The van der Waals surface area contributed by atoms with E-state index in [1.165, 1.54) is 24.1 Å². The Hall–Kier alpha value is -1.81. The van der Waals surface area contributed by atoms with E-state index in [1.807, 2.05) is 36.1 Å². The molecule has 1 aliphatic rings. The monoisotopic (exact) mass is 271 g/mol. The van der Waals surface area contributed by atoms with E-state index in [4.69, 9.17) is 0 Å². The zero-order chi connectivity index (χ0) is 13.9. The van der Waals surface area contributed by atoms with E-state index < -0.39 is 0 Å². The summed E-state index contributed by atoms with van der Waals surface area (Å²) < 4.78 is 1.99. The third-order valence-electron chi connectivity index (χ3n) is 4.15. The van der Waals surface area contributed by atoms with Crippen LogP contribution in [0.2, 0.25) is 0 Å². The summed E-state index contributed by atoms with van der Waals surface area (Å²) in [5, 5.41) is 17.7. The molecule has 1 aliphatic carbocycles. The topological polar surface area (TPSA) is 50.1 Å². The largest absolute Gasteiger partial charge is 0.508 e. The van der Waals surface area contributed by atoms with Gasteiger partial charge in [0.1, 0.15) is 5.75 Å². The van der Waals surface area contributed by atoms with Gasteiger partial charge < -0.3 is 10.4 Å². The summed E-state index contributed by atoms with van der Waals surface area (Å²) in [6.45, 7) is 0.872. The van der Waals surface area contributed by atoms with Crippen molar-refractivity contribution in [2.75, 3.05) is 6.54 Å². The first-order valence-electron chi connectivity index (χ1n) is 7.26. The summed E-state index contributed by atoms with van der Waals surface area (Å²) in [7, 11) is 2.02. The maximum absolute atomic E-state index is 9.77. The standard InChI is InChI=1S/C16H21N3O/c1-19-15-7-4-6-14(13(15)11-18-19)17-10-9-12-5-2-3-8-16(12)20/h2-3,5,8,11,14,17,20H,4,6-7,9-10H2,1H3. The molecule has 1 aromatic heterocycles. The smallest absolute Gasteiger partial charge is 0.118 e. The minimum atomic E-state index is 0.389. The molecule has 4 heteroatoms. The number of benzene rings is 1. The van der Waals surface area contributed by atoms with Gasteiger partial charge in [-0.25, -0.2) is 0 Å². The first-order chi connectivity index (χ1) is 9.75. The van der Waals surface area contributed by atoms with Crippen LogP contribution >= 0.6 is 0 Å². The number of hydrogen-bond acceptors (Lipinski definition) is 3. The van der Waals surface area contributed by atoms with Crippen molar-refractivity contribution in [1.29, 1.82) is 0 Å². The van der Waals surface area contributed by atoms with Crippen LogP contribution in [0.5, 0.6) is 5.75 Å². The van der Waals surface area contributed by atoms with E-state index in [0.29, 0.717) is 11.8 Å². The summed E-state index contributed by atoms with van der Waals surface area (Å²) in [4.78, 5) is 0. The molecule has 0 saturated carbocycles. The van der Waals surface area contributed by atoms with Crippen LogP contribution in [0, 0.1) is 0 Å². The number of fused-ring (bicyclic) bond motifs is 1. The zero-order valence-electron chi connectivity index (χ0n) is 11.8. The Morgan fingerprint density at radius 1 is 1.40 bits per heavy atom. The molecule has 20 heavy (non-hydrogen) atoms. The summed E-state index contributed by atoms with van der Waals surface area (Å²) in [5.41, 5.74) is 3.70. The molecule has 1 aromatic carbocycles. The Kier molecular flexibility index (Phi) is 3.74. The fraction of sp³-hybridized carbons (Fsp3) is 0.438. The highest BCUT2D eigenvalue weighted by atomic mass is 16.3. The van der Waals surface area contributed by atoms with E-state index in [1.54, 1.807) is 6.07 Å². The molecule has 1 atom stereocenters. The molecule has 2 aromatic rings. The van der Waals surface area contributed by atoms with Crippen molar-refractivity contribution in [1.82, 2.24) is 15.1 Å². The fourth-order valence-corrected chi connectivity index (χ4v) is 3.02.